The number of thiazole rings is 1. The number of imide groups is 2. The molecule has 12 amide bonds. The van der Waals surface area contributed by atoms with Gasteiger partial charge >= 0.3 is 23.9 Å². The Kier molecular flexibility index (Phi) is 42.7. The number of aromatic nitrogens is 1. The second-order valence-corrected chi connectivity index (χ2v) is 35.1. The van der Waals surface area contributed by atoms with Gasteiger partial charge in [0.25, 0.3) is 5.91 Å². The lowest BCUT2D eigenvalue weighted by molar-refractivity contribution is -0.150. The highest BCUT2D eigenvalue weighted by atomic mass is 32.2. The van der Waals surface area contributed by atoms with Gasteiger partial charge in [0, 0.05) is 152 Å². The average molecular weight is 1760 g/mol. The number of likely N-dealkylation sites (N-methyl/N-ethyl adjacent to an activating group) is 1. The fourth-order valence-electron chi connectivity index (χ4n) is 13.7. The maximum atomic E-state index is 15.0. The van der Waals surface area contributed by atoms with Crippen molar-refractivity contribution in [3.05, 3.63) is 51.5 Å². The minimum Gasteiger partial charge on any atom is -0.481 e. The first kappa shape index (κ1) is 102. The minimum absolute atomic E-state index is 0.00422. The van der Waals surface area contributed by atoms with Gasteiger partial charge in [-0.3, -0.25) is 112 Å². The second kappa shape index (κ2) is 50.7. The van der Waals surface area contributed by atoms with Gasteiger partial charge in [-0.05, 0) is 83.7 Å². The number of carbonyl (C=O) groups excluding carboxylic acids is 16. The molecule has 3 fully saturated rings. The predicted octanol–water partition coefficient (Wildman–Crippen LogP) is 3.35. The lowest BCUT2D eigenvalue weighted by Gasteiger charge is -2.38. The SMILES string of the molecule is CCC(C)[C@H](CC(=O)C(C)(C)N(C)CC(=O)CC(CCCCNC(=O)COCCNC(=O)COCCCC(=O)CCC(NC(=O)CC(=O)O)C(=O)O)C(=O)NNC(=O)CCC(=O)N1CCN2C(=O)CC(SCSC3CC(=O)N(CC1)C3=O)C2=O)C(=O)N(C)[C@H](C[C@@H](OC(C)=O)c1nc(C(=O)N[C@@H](Cc2ccc(C)cc2)CC(C)C(=O)O)cs1)C(C)C. The Labute approximate surface area is 716 Å². The van der Waals surface area contributed by atoms with E-state index in [4.69, 9.17) is 19.3 Å². The lowest BCUT2D eigenvalue weighted by Crippen LogP contribution is -2.52. The third kappa shape index (κ3) is 34.3. The van der Waals surface area contributed by atoms with Crippen molar-refractivity contribution in [3.63, 3.8) is 0 Å². The number of rotatable bonds is 51. The van der Waals surface area contributed by atoms with Crippen LogP contribution in [0, 0.1) is 36.5 Å². The van der Waals surface area contributed by atoms with Gasteiger partial charge in [-0.1, -0.05) is 77.3 Å². The van der Waals surface area contributed by atoms with Crippen LogP contribution in [0.3, 0.4) is 0 Å². The van der Waals surface area contributed by atoms with Crippen molar-refractivity contribution in [2.45, 2.75) is 218 Å². The molecule has 6 unspecified atom stereocenters. The number of amides is 12. The average Bonchev–Trinajstić information content (AvgIpc) is 1.50. The van der Waals surface area contributed by atoms with Gasteiger partial charge in [-0.2, -0.15) is 0 Å². The molecule has 9 N–H and O–H groups in total. The molecule has 0 saturated carbocycles. The Hall–Kier alpha value is -9.64. The Morgan fingerprint density at radius 2 is 1.29 bits per heavy atom. The van der Waals surface area contributed by atoms with Crippen LogP contribution in [0.25, 0.3) is 0 Å². The standard InChI is InChI=1S/C81H118N12O25S3/c1-12-49(5)57(76(109)90(11)60(47(2)3)38-61(118-51(7)94)75-86-59(45-119-75)74(108)84-54(34-50(6)79(112)113)35-52-20-18-48(4)19-21-52)37-64(97)81(8,9)89(10)42-56(96)36-53(16-13-14-26-82-67(100)44-117-33-27-83-68(101)43-116-32-15-17-55(95)22-23-58(80(114)115)85-66(99)41-72(105)106)73(107)88-87-65(98)24-25-69(102)91-28-30-92-70(103)39-62(77(92)110)120-46-121-63-40-71(104)93(31-29-91)78(63)111/h18-21,45,47,49-50,53-54,57-58,60-63H,12-17,22-44,46H2,1-11H3,(H,82,100)(H,83,101)(H,84,108)(H,85,99)(H,87,98)(H,88,107)(H,105,106)(H,112,113)(H,114,115)/t49?,50?,53?,54-,57+,58?,60-,61-,62?,63?/m1/s1. The van der Waals surface area contributed by atoms with Gasteiger partial charge in [-0.15, -0.1) is 34.9 Å². The molecule has 4 heterocycles. The van der Waals surface area contributed by atoms with E-state index >= 15 is 4.79 Å². The maximum Gasteiger partial charge on any atom is 0.326 e. The third-order valence-electron chi connectivity index (χ3n) is 21.5. The van der Waals surface area contributed by atoms with Crippen molar-refractivity contribution in [2.75, 3.05) is 91.4 Å². The normalized spacial score (nSPS) is 17.1. The van der Waals surface area contributed by atoms with Crippen LogP contribution >= 0.6 is 34.9 Å². The number of benzene rings is 1. The van der Waals surface area contributed by atoms with Gasteiger partial charge in [0.1, 0.15) is 47.9 Å². The van der Waals surface area contributed by atoms with Crippen molar-refractivity contribution >= 4 is 147 Å². The number of nitrogens with zero attached hydrogens (tertiary/aromatic N) is 6. The molecule has 0 spiro atoms. The van der Waals surface area contributed by atoms with Crippen molar-refractivity contribution in [2.24, 2.45) is 29.6 Å². The predicted molar refractivity (Wildman–Crippen MR) is 442 cm³/mol. The summed E-state index contributed by atoms with van der Waals surface area (Å²) in [6.45, 7) is 13.6. The highest BCUT2D eigenvalue weighted by Crippen LogP contribution is 2.36. The number of carbonyl (C=O) groups is 19. The third-order valence-corrected chi connectivity index (χ3v) is 25.0. The lowest BCUT2D eigenvalue weighted by atomic mass is 9.81. The van der Waals surface area contributed by atoms with Crippen molar-refractivity contribution in [3.8, 4) is 0 Å². The van der Waals surface area contributed by atoms with Gasteiger partial charge in [0.2, 0.25) is 65.0 Å². The number of fused-ring (bicyclic) bond motifs is 4. The Morgan fingerprint density at radius 3 is 1.87 bits per heavy atom. The summed E-state index contributed by atoms with van der Waals surface area (Å²) < 4.78 is 16.6. The summed E-state index contributed by atoms with van der Waals surface area (Å²) in [5.74, 6) is -16.1. The number of unbranched alkanes of at least 4 members (excludes halogenated alkanes) is 1. The van der Waals surface area contributed by atoms with Crippen LogP contribution in [0.15, 0.2) is 29.6 Å². The molecular formula is C81H118N12O25S3. The molecule has 5 rings (SSSR count). The Bertz CT molecular complexity index is 3960. The zero-order chi connectivity index (χ0) is 90.0. The summed E-state index contributed by atoms with van der Waals surface area (Å²) in [5.41, 5.74) is 5.20. The molecule has 3 aliphatic rings. The molecule has 2 aromatic rings. The molecule has 0 radical (unpaired) electrons. The first-order valence-electron chi connectivity index (χ1n) is 40.6. The van der Waals surface area contributed by atoms with Gasteiger partial charge in [0.05, 0.1) is 35.1 Å². The van der Waals surface area contributed by atoms with Gasteiger partial charge in [0.15, 0.2) is 11.9 Å². The molecule has 10 atom stereocenters. The molecule has 1 aromatic heterocycles. The topological polar surface area (TPSA) is 514 Å². The first-order chi connectivity index (χ1) is 57.1. The monoisotopic (exact) mass is 1750 g/mol. The fraction of sp³-hybridized carbons (Fsp3) is 0.654. The van der Waals surface area contributed by atoms with Crippen LogP contribution in [0.5, 0.6) is 0 Å². The Balaban J connectivity index is 1.20. The number of hydrazine groups is 1. The van der Waals surface area contributed by atoms with Gasteiger partial charge < -0.3 is 60.6 Å². The molecule has 3 saturated heterocycles. The molecule has 0 aliphatic carbocycles. The fourth-order valence-corrected chi connectivity index (χ4v) is 17.2. The van der Waals surface area contributed by atoms with Crippen LogP contribution in [0.4, 0.5) is 0 Å². The number of carboxylic acids is 3. The van der Waals surface area contributed by atoms with E-state index in [-0.39, 0.29) is 177 Å². The van der Waals surface area contributed by atoms with Crippen molar-refractivity contribution < 1.29 is 121 Å². The zero-order valence-electron chi connectivity index (χ0n) is 70.7. The molecule has 670 valence electrons. The molecule has 40 heteroatoms. The summed E-state index contributed by atoms with van der Waals surface area (Å²) >= 11 is 3.48. The highest BCUT2D eigenvalue weighted by molar-refractivity contribution is 8.17. The van der Waals surface area contributed by atoms with E-state index in [1.54, 1.807) is 39.8 Å². The zero-order valence-corrected chi connectivity index (χ0v) is 73.1. The molecular weight excluding hydrogens is 1640 g/mol. The number of aliphatic carboxylic acids is 3. The first-order valence-corrected chi connectivity index (χ1v) is 43.6. The van der Waals surface area contributed by atoms with E-state index in [1.165, 1.54) is 45.6 Å². The largest absolute Gasteiger partial charge is 0.481 e. The summed E-state index contributed by atoms with van der Waals surface area (Å²) in [7, 11) is 3.16. The van der Waals surface area contributed by atoms with Crippen LogP contribution in [-0.4, -0.2) is 283 Å². The number of hydrogen-bond donors (Lipinski definition) is 9. The number of hydrogen-bond acceptors (Lipinski definition) is 27. The number of ketones is 3. The van der Waals surface area contributed by atoms with E-state index in [0.29, 0.717) is 17.9 Å². The van der Waals surface area contributed by atoms with Crippen LogP contribution < -0.4 is 32.1 Å². The van der Waals surface area contributed by atoms with E-state index in [1.807, 2.05) is 58.9 Å². The quantitative estimate of drug-likeness (QED) is 0.0151. The van der Waals surface area contributed by atoms with Crippen LogP contribution in [-0.2, 0) is 107 Å². The number of esters is 1. The molecule has 37 nitrogen and oxygen atoms in total. The molecule has 1 aromatic carbocycles. The van der Waals surface area contributed by atoms with Crippen LogP contribution in [0.2, 0.25) is 0 Å². The second-order valence-electron chi connectivity index (χ2n) is 31.5. The van der Waals surface area contributed by atoms with Crippen molar-refractivity contribution in [1.82, 2.24) is 61.6 Å². The van der Waals surface area contributed by atoms with E-state index in [2.05, 4.69) is 37.1 Å². The number of thioether (sulfide) groups is 2. The molecule has 121 heavy (non-hydrogen) atoms. The van der Waals surface area contributed by atoms with Crippen molar-refractivity contribution in [1.29, 1.82) is 0 Å². The van der Waals surface area contributed by atoms with E-state index in [0.717, 1.165) is 32.3 Å². The minimum atomic E-state index is -1.46. The maximum absolute atomic E-state index is 15.0. The molecule has 3 aliphatic heterocycles. The number of ether oxygens (including phenoxy) is 3. The summed E-state index contributed by atoms with van der Waals surface area (Å²) in [6, 6.07) is 5.02. The Morgan fingerprint density at radius 1 is 0.678 bits per heavy atom. The number of carboxylic acid groups (broad SMARTS) is 3. The van der Waals surface area contributed by atoms with E-state index < -0.39 is 191 Å². The van der Waals surface area contributed by atoms with Crippen LogP contribution in [0.1, 0.15) is 197 Å². The summed E-state index contributed by atoms with van der Waals surface area (Å²) in [6.07, 6.45) is -2.45. The van der Waals surface area contributed by atoms with E-state index in [9.17, 15) is 96.5 Å². The smallest absolute Gasteiger partial charge is 0.326 e. The van der Waals surface area contributed by atoms with Gasteiger partial charge in [-0.25, -0.2) is 9.78 Å². The summed E-state index contributed by atoms with van der Waals surface area (Å²) in [4.78, 5) is 259. The highest BCUT2D eigenvalue weighted by Gasteiger charge is 2.44. The molecule has 4 bridgehead atoms. The number of Topliss-reactive ketones (excluding diaryl/α,β-unsaturated/α-hetero) is 3. The summed E-state index contributed by atoms with van der Waals surface area (Å²) in [5, 5.41) is 38.8. The number of aryl methyl sites for hydroxylation is 1. The number of nitrogens with one attached hydrogen (secondary N) is 6.